The second kappa shape index (κ2) is 64.7. The highest BCUT2D eigenvalue weighted by molar-refractivity contribution is 5.71. The number of likely N-dealkylation sites (N-methyl/N-ethyl adjacent to an activating group) is 1. The Kier molecular flexibility index (Phi) is 62.2. The summed E-state index contributed by atoms with van der Waals surface area (Å²) in [6.45, 7) is 4.77. The van der Waals surface area contributed by atoms with E-state index in [1.807, 2.05) is 21.1 Å². The van der Waals surface area contributed by atoms with Gasteiger partial charge in [-0.3, -0.25) is 9.59 Å². The maximum absolute atomic E-state index is 12.9. The topological polar surface area (TPSA) is 108 Å². The van der Waals surface area contributed by atoms with Crippen molar-refractivity contribution in [3.8, 4) is 0 Å². The summed E-state index contributed by atoms with van der Waals surface area (Å²) >= 11 is 0. The molecule has 2 atom stereocenters. The summed E-state index contributed by atoms with van der Waals surface area (Å²) in [5, 5.41) is 9.73. The Morgan fingerprint density at radius 3 is 1.02 bits per heavy atom. The van der Waals surface area contributed by atoms with Crippen molar-refractivity contribution in [3.63, 3.8) is 0 Å². The maximum atomic E-state index is 12.9. The second-order valence-electron chi connectivity index (χ2n) is 24.8. The average molecular weight is 1170 g/mol. The molecular formula is C74H134NO8+. The molecule has 0 aliphatic heterocycles. The number of quaternary nitrogens is 1. The van der Waals surface area contributed by atoms with Gasteiger partial charge in [-0.25, -0.2) is 4.79 Å². The third-order valence-corrected chi connectivity index (χ3v) is 15.5. The van der Waals surface area contributed by atoms with E-state index in [-0.39, 0.29) is 32.2 Å². The van der Waals surface area contributed by atoms with Gasteiger partial charge in [0.15, 0.2) is 6.10 Å². The number of carboxylic acid groups (broad SMARTS) is 1. The predicted octanol–water partition coefficient (Wildman–Crippen LogP) is 21.7. The number of nitrogens with zero attached hydrogens (tertiary/aromatic N) is 1. The van der Waals surface area contributed by atoms with E-state index in [9.17, 15) is 19.5 Å². The van der Waals surface area contributed by atoms with Crippen LogP contribution in [0.5, 0.6) is 0 Å². The lowest BCUT2D eigenvalue weighted by Crippen LogP contribution is -2.40. The standard InChI is InChI=1S/C74H133NO8/c1-6-8-10-12-14-16-18-20-22-24-26-28-30-31-32-33-34-35-36-37-38-39-40-41-43-44-46-48-50-52-54-56-58-60-62-64-71(76)81-68-70(69-82-74(73(78)79)80-67-66-75(3,4)5)83-72(77)65-63-61-59-57-55-53-51-49-47-45-42-29-27-25-23-21-19-17-15-13-11-9-7-2/h9,11,15,17,21,23,27,29,45,47,51,53,70,74H,6-8,10,12-14,16,18-20,22,24-26,28,30-44,46,48-50,52,54-69H2,1-5H3/p+1/b11-9-,17-15-,23-21-,29-27-,47-45-,53-51-. The van der Waals surface area contributed by atoms with Gasteiger partial charge in [0.1, 0.15) is 13.2 Å². The zero-order valence-corrected chi connectivity index (χ0v) is 55.1. The molecule has 1 N–H and O–H groups in total. The fraction of sp³-hybridized carbons (Fsp3) is 0.797. The zero-order valence-electron chi connectivity index (χ0n) is 55.1. The van der Waals surface area contributed by atoms with Crippen molar-refractivity contribution in [2.75, 3.05) is 47.5 Å². The molecule has 0 aromatic heterocycles. The van der Waals surface area contributed by atoms with Gasteiger partial charge in [0.05, 0.1) is 34.4 Å². The molecule has 0 spiro atoms. The molecule has 482 valence electrons. The third-order valence-electron chi connectivity index (χ3n) is 15.5. The van der Waals surface area contributed by atoms with Gasteiger partial charge < -0.3 is 28.5 Å². The molecule has 2 unspecified atom stereocenters. The Morgan fingerprint density at radius 2 is 0.687 bits per heavy atom. The van der Waals surface area contributed by atoms with Gasteiger partial charge in [-0.1, -0.05) is 318 Å². The molecule has 9 heteroatoms. The first kappa shape index (κ1) is 79.7. The van der Waals surface area contributed by atoms with Gasteiger partial charge >= 0.3 is 17.9 Å². The lowest BCUT2D eigenvalue weighted by atomic mass is 10.0. The Hall–Kier alpha value is -3.27. The summed E-state index contributed by atoms with van der Waals surface area (Å²) < 4.78 is 22.9. The molecule has 0 saturated heterocycles. The van der Waals surface area contributed by atoms with Crippen molar-refractivity contribution in [3.05, 3.63) is 72.9 Å². The predicted molar refractivity (Wildman–Crippen MR) is 355 cm³/mol. The van der Waals surface area contributed by atoms with Gasteiger partial charge in [-0.05, 0) is 64.2 Å². The molecular weight excluding hydrogens is 1030 g/mol. The first-order valence-corrected chi connectivity index (χ1v) is 35.1. The number of carboxylic acids is 1. The maximum Gasteiger partial charge on any atom is 0.361 e. The molecule has 0 aromatic rings. The first-order chi connectivity index (χ1) is 40.6. The van der Waals surface area contributed by atoms with Gasteiger partial charge in [0, 0.05) is 12.8 Å². The quantitative estimate of drug-likeness (QED) is 0.0211. The van der Waals surface area contributed by atoms with Crippen LogP contribution in [0.3, 0.4) is 0 Å². The minimum Gasteiger partial charge on any atom is -0.477 e. The highest BCUT2D eigenvalue weighted by atomic mass is 16.7. The second-order valence-corrected chi connectivity index (χ2v) is 24.8. The fourth-order valence-electron chi connectivity index (χ4n) is 10.1. The van der Waals surface area contributed by atoms with Crippen molar-refractivity contribution >= 4 is 17.9 Å². The minimum absolute atomic E-state index is 0.180. The molecule has 0 rings (SSSR count). The molecule has 0 aliphatic carbocycles. The van der Waals surface area contributed by atoms with Crippen LogP contribution in [0.4, 0.5) is 0 Å². The first-order valence-electron chi connectivity index (χ1n) is 35.1. The fourth-order valence-corrected chi connectivity index (χ4v) is 10.1. The number of carbonyl (C=O) groups excluding carboxylic acids is 2. The Balaban J connectivity index is 4.07. The summed E-state index contributed by atoms with van der Waals surface area (Å²) in [5.74, 6) is -2.03. The van der Waals surface area contributed by atoms with Crippen molar-refractivity contribution < 1.29 is 42.9 Å². The zero-order chi connectivity index (χ0) is 60.5. The molecule has 0 amide bonds. The van der Waals surface area contributed by atoms with Crippen LogP contribution in [0.25, 0.3) is 0 Å². The van der Waals surface area contributed by atoms with Crippen LogP contribution in [0, 0.1) is 0 Å². The van der Waals surface area contributed by atoms with Gasteiger partial charge in [0.25, 0.3) is 6.29 Å². The molecule has 0 fully saturated rings. The number of esters is 2. The van der Waals surface area contributed by atoms with E-state index in [0.29, 0.717) is 23.9 Å². The van der Waals surface area contributed by atoms with Crippen LogP contribution in [-0.4, -0.2) is 87.4 Å². The van der Waals surface area contributed by atoms with E-state index < -0.39 is 24.3 Å². The monoisotopic (exact) mass is 1170 g/mol. The molecule has 0 aliphatic rings. The number of carbonyl (C=O) groups is 3. The van der Waals surface area contributed by atoms with Crippen LogP contribution >= 0.6 is 0 Å². The highest BCUT2D eigenvalue weighted by Gasteiger charge is 2.25. The van der Waals surface area contributed by atoms with Crippen LogP contribution < -0.4 is 0 Å². The van der Waals surface area contributed by atoms with Crippen LogP contribution in [0.15, 0.2) is 72.9 Å². The largest absolute Gasteiger partial charge is 0.477 e. The van der Waals surface area contributed by atoms with E-state index in [4.69, 9.17) is 18.9 Å². The van der Waals surface area contributed by atoms with E-state index in [0.717, 1.165) is 83.5 Å². The number of unbranched alkanes of at least 4 members (excludes halogenated alkanes) is 38. The Morgan fingerprint density at radius 1 is 0.373 bits per heavy atom. The van der Waals surface area contributed by atoms with E-state index in [1.165, 1.54) is 205 Å². The van der Waals surface area contributed by atoms with Crippen LogP contribution in [-0.2, 0) is 33.3 Å². The highest BCUT2D eigenvalue weighted by Crippen LogP contribution is 2.18. The summed E-state index contributed by atoms with van der Waals surface area (Å²) in [6.07, 6.45) is 83.2. The molecule has 0 radical (unpaired) electrons. The number of aliphatic carboxylic acids is 1. The molecule has 0 saturated carbocycles. The van der Waals surface area contributed by atoms with Gasteiger partial charge in [0.2, 0.25) is 0 Å². The van der Waals surface area contributed by atoms with Gasteiger partial charge in [-0.15, -0.1) is 0 Å². The number of hydrogen-bond donors (Lipinski definition) is 1. The van der Waals surface area contributed by atoms with E-state index >= 15 is 0 Å². The number of rotatable bonds is 65. The third kappa shape index (κ3) is 66.1. The smallest absolute Gasteiger partial charge is 0.361 e. The summed E-state index contributed by atoms with van der Waals surface area (Å²) in [6, 6.07) is 0. The van der Waals surface area contributed by atoms with E-state index in [1.54, 1.807) is 0 Å². The number of allylic oxidation sites excluding steroid dienone is 12. The van der Waals surface area contributed by atoms with Crippen molar-refractivity contribution in [2.24, 2.45) is 0 Å². The number of hydrogen-bond acceptors (Lipinski definition) is 7. The molecule has 9 nitrogen and oxygen atoms in total. The molecule has 0 bridgehead atoms. The lowest BCUT2D eigenvalue weighted by Gasteiger charge is -2.25. The summed E-state index contributed by atoms with van der Waals surface area (Å²) in [4.78, 5) is 37.6. The van der Waals surface area contributed by atoms with Crippen molar-refractivity contribution in [2.45, 2.75) is 334 Å². The molecule has 0 heterocycles. The van der Waals surface area contributed by atoms with Crippen LogP contribution in [0.1, 0.15) is 322 Å². The average Bonchev–Trinajstić information content (AvgIpc) is 3.46. The normalized spacial score (nSPS) is 13.1. The van der Waals surface area contributed by atoms with Crippen molar-refractivity contribution in [1.29, 1.82) is 0 Å². The SMILES string of the molecule is CC/C=C\C/C=C\C/C=C\C/C=C\C/C=C\C/C=C\CCCCCCC(=O)OC(COC(=O)CCCCCCCCCCCCCCCCCCCCCCCCCCCCCCCCCCCCC)COC(OCC[N+](C)(C)C)C(=O)O. The summed E-state index contributed by atoms with van der Waals surface area (Å²) in [5.41, 5.74) is 0. The molecule has 0 aromatic carbocycles. The summed E-state index contributed by atoms with van der Waals surface area (Å²) in [7, 11) is 5.97. The van der Waals surface area contributed by atoms with Gasteiger partial charge in [-0.2, -0.15) is 0 Å². The van der Waals surface area contributed by atoms with Crippen molar-refractivity contribution in [1.82, 2.24) is 0 Å². The Bertz CT molecular complexity index is 1590. The molecule has 83 heavy (non-hydrogen) atoms. The van der Waals surface area contributed by atoms with Crippen LogP contribution in [0.2, 0.25) is 0 Å². The Labute approximate surface area is 513 Å². The lowest BCUT2D eigenvalue weighted by molar-refractivity contribution is -0.870. The minimum atomic E-state index is -1.52. The number of ether oxygens (including phenoxy) is 4. The van der Waals surface area contributed by atoms with E-state index in [2.05, 4.69) is 86.8 Å².